The van der Waals surface area contributed by atoms with Crippen molar-refractivity contribution in [2.24, 2.45) is 0 Å². The number of hydrogen-bond acceptors (Lipinski definition) is 3. The average Bonchev–Trinajstić information content (AvgIpc) is 3.01. The second-order valence-electron chi connectivity index (χ2n) is 6.31. The minimum atomic E-state index is -0.631. The van der Waals surface area contributed by atoms with Gasteiger partial charge in [0.15, 0.2) is 0 Å². The summed E-state index contributed by atoms with van der Waals surface area (Å²) in [5.41, 5.74) is 5.53. The number of aryl methyl sites for hydroxylation is 1. The molecule has 0 radical (unpaired) electrons. The Bertz CT molecular complexity index is 988. The first-order chi connectivity index (χ1) is 12.2. The molecular weight excluding hydrogens is 316 g/mol. The van der Waals surface area contributed by atoms with E-state index in [0.29, 0.717) is 5.56 Å². The quantitative estimate of drug-likeness (QED) is 0.558. The monoisotopic (exact) mass is 334 g/mol. The highest BCUT2D eigenvalue weighted by molar-refractivity contribution is 6.05. The lowest BCUT2D eigenvalue weighted by Gasteiger charge is -2.15. The van der Waals surface area contributed by atoms with Gasteiger partial charge in [-0.1, -0.05) is 24.3 Å². The fourth-order valence-electron chi connectivity index (χ4n) is 3.71. The zero-order chi connectivity index (χ0) is 17.4. The lowest BCUT2D eigenvalue weighted by molar-refractivity contribution is 0.0706. The summed E-state index contributed by atoms with van der Waals surface area (Å²) < 4.78 is 1.79. The summed E-state index contributed by atoms with van der Waals surface area (Å²) in [5, 5.41) is 9.95. The molecule has 1 heterocycles. The van der Waals surface area contributed by atoms with E-state index in [4.69, 9.17) is 5.21 Å². The number of nitrogens with zero attached hydrogens (tertiary/aromatic N) is 1. The number of amides is 1. The zero-order valence-corrected chi connectivity index (χ0v) is 13.7. The number of para-hydroxylation sites is 1. The highest BCUT2D eigenvalue weighted by atomic mass is 16.5. The van der Waals surface area contributed by atoms with Crippen molar-refractivity contribution in [1.29, 1.82) is 0 Å². The summed E-state index contributed by atoms with van der Waals surface area (Å²) in [7, 11) is 0. The van der Waals surface area contributed by atoms with Crippen LogP contribution in [0.2, 0.25) is 0 Å². The predicted molar refractivity (Wildman–Crippen MR) is 94.0 cm³/mol. The summed E-state index contributed by atoms with van der Waals surface area (Å²) in [6.45, 7) is 0. The molecule has 0 aliphatic heterocycles. The molecule has 3 aromatic rings. The molecule has 1 amide bonds. The van der Waals surface area contributed by atoms with Crippen molar-refractivity contribution in [3.63, 3.8) is 0 Å². The molecule has 4 rings (SSSR count). The van der Waals surface area contributed by atoms with Crippen molar-refractivity contribution in [2.45, 2.75) is 25.7 Å². The van der Waals surface area contributed by atoms with E-state index in [0.717, 1.165) is 42.3 Å². The van der Waals surface area contributed by atoms with Crippen LogP contribution in [-0.4, -0.2) is 21.6 Å². The molecule has 1 aromatic heterocycles. The number of aromatic nitrogens is 1. The van der Waals surface area contributed by atoms with Gasteiger partial charge in [0.2, 0.25) is 0 Å². The Morgan fingerprint density at radius 1 is 0.960 bits per heavy atom. The number of hydroxylamine groups is 1. The SMILES string of the molecule is O=C(NO)c1cccc(C(=O)n2c3c(c4ccccc42)CCCC3)c1. The first-order valence-corrected chi connectivity index (χ1v) is 8.41. The lowest BCUT2D eigenvalue weighted by Crippen LogP contribution is -2.20. The lowest BCUT2D eigenvalue weighted by atomic mass is 9.95. The van der Waals surface area contributed by atoms with Crippen molar-refractivity contribution >= 4 is 22.7 Å². The number of benzene rings is 2. The molecule has 0 bridgehead atoms. The third-order valence-corrected chi connectivity index (χ3v) is 4.86. The Morgan fingerprint density at radius 3 is 2.56 bits per heavy atom. The van der Waals surface area contributed by atoms with Crippen molar-refractivity contribution in [1.82, 2.24) is 10.0 Å². The molecule has 25 heavy (non-hydrogen) atoms. The number of rotatable bonds is 2. The molecule has 1 aliphatic carbocycles. The molecular formula is C20H18N2O3. The van der Waals surface area contributed by atoms with Gasteiger partial charge in [-0.2, -0.15) is 0 Å². The summed E-state index contributed by atoms with van der Waals surface area (Å²) in [5.74, 6) is -0.777. The van der Waals surface area contributed by atoms with Gasteiger partial charge in [0.1, 0.15) is 0 Å². The second kappa shape index (κ2) is 6.18. The van der Waals surface area contributed by atoms with Gasteiger partial charge in [-0.25, -0.2) is 5.48 Å². The Balaban J connectivity index is 1.88. The van der Waals surface area contributed by atoms with Crippen LogP contribution in [0.3, 0.4) is 0 Å². The average molecular weight is 334 g/mol. The van der Waals surface area contributed by atoms with Gasteiger partial charge >= 0.3 is 0 Å². The van der Waals surface area contributed by atoms with Crippen LogP contribution in [-0.2, 0) is 12.8 Å². The van der Waals surface area contributed by atoms with E-state index in [9.17, 15) is 9.59 Å². The Morgan fingerprint density at radius 2 is 1.72 bits per heavy atom. The zero-order valence-electron chi connectivity index (χ0n) is 13.7. The maximum absolute atomic E-state index is 13.2. The van der Waals surface area contributed by atoms with E-state index >= 15 is 0 Å². The molecule has 0 atom stereocenters. The molecule has 2 N–H and O–H groups in total. The fourth-order valence-corrected chi connectivity index (χ4v) is 3.71. The number of fused-ring (bicyclic) bond motifs is 3. The van der Waals surface area contributed by atoms with Crippen LogP contribution in [0.25, 0.3) is 10.9 Å². The first-order valence-electron chi connectivity index (χ1n) is 8.41. The molecule has 1 aliphatic rings. The number of carbonyl (C=O) groups excluding carboxylic acids is 2. The Kier molecular flexibility index (Phi) is 3.86. The molecule has 126 valence electrons. The van der Waals surface area contributed by atoms with E-state index in [1.165, 1.54) is 11.6 Å². The van der Waals surface area contributed by atoms with Crippen molar-refractivity contribution < 1.29 is 14.8 Å². The van der Waals surface area contributed by atoms with Gasteiger partial charge in [0.25, 0.3) is 11.8 Å². The van der Waals surface area contributed by atoms with Crippen LogP contribution in [0.15, 0.2) is 48.5 Å². The number of nitrogens with one attached hydrogen (secondary N) is 1. The van der Waals surface area contributed by atoms with Gasteiger partial charge < -0.3 is 0 Å². The second-order valence-corrected chi connectivity index (χ2v) is 6.31. The first kappa shape index (κ1) is 15.6. The number of carbonyl (C=O) groups is 2. The van der Waals surface area contributed by atoms with Crippen LogP contribution < -0.4 is 5.48 Å². The maximum atomic E-state index is 13.2. The third-order valence-electron chi connectivity index (χ3n) is 4.86. The topological polar surface area (TPSA) is 71.3 Å². The standard InChI is InChI=1S/C20H18N2O3/c23-19(21-25)13-6-5-7-14(12-13)20(24)22-17-10-3-1-8-15(17)16-9-2-4-11-18(16)22/h1,3,5-8,10,12,25H,2,4,9,11H2,(H,21,23). The molecule has 0 fully saturated rings. The molecule has 0 saturated heterocycles. The smallest absolute Gasteiger partial charge is 0.274 e. The molecule has 0 unspecified atom stereocenters. The predicted octanol–water partition coefficient (Wildman–Crippen LogP) is 3.33. The summed E-state index contributed by atoms with van der Waals surface area (Å²) in [4.78, 5) is 24.9. The van der Waals surface area contributed by atoms with Crippen LogP contribution in [0.4, 0.5) is 0 Å². The largest absolute Gasteiger partial charge is 0.288 e. The van der Waals surface area contributed by atoms with E-state index in [-0.39, 0.29) is 11.5 Å². The van der Waals surface area contributed by atoms with Gasteiger partial charge in [0, 0.05) is 22.2 Å². The van der Waals surface area contributed by atoms with Crippen LogP contribution >= 0.6 is 0 Å². The molecule has 5 nitrogen and oxygen atoms in total. The van der Waals surface area contributed by atoms with E-state index in [1.807, 2.05) is 18.2 Å². The van der Waals surface area contributed by atoms with Gasteiger partial charge in [-0.3, -0.25) is 19.4 Å². The van der Waals surface area contributed by atoms with E-state index in [2.05, 4.69) is 6.07 Å². The molecule has 5 heteroatoms. The molecule has 2 aromatic carbocycles. The summed E-state index contributed by atoms with van der Waals surface area (Å²) in [6, 6.07) is 14.4. The van der Waals surface area contributed by atoms with E-state index in [1.54, 1.807) is 28.2 Å². The highest BCUT2D eigenvalue weighted by Crippen LogP contribution is 2.32. The Labute approximate surface area is 144 Å². The maximum Gasteiger partial charge on any atom is 0.274 e. The molecule has 0 saturated carbocycles. The molecule has 0 spiro atoms. The summed E-state index contributed by atoms with van der Waals surface area (Å²) >= 11 is 0. The Hall–Kier alpha value is -2.92. The normalized spacial score (nSPS) is 13.5. The van der Waals surface area contributed by atoms with Crippen molar-refractivity contribution in [3.05, 3.63) is 70.9 Å². The van der Waals surface area contributed by atoms with Crippen molar-refractivity contribution in [3.8, 4) is 0 Å². The highest BCUT2D eigenvalue weighted by Gasteiger charge is 2.24. The van der Waals surface area contributed by atoms with Crippen LogP contribution in [0, 0.1) is 0 Å². The third kappa shape index (κ3) is 2.53. The van der Waals surface area contributed by atoms with Gasteiger partial charge in [-0.05, 0) is 55.5 Å². The van der Waals surface area contributed by atoms with Crippen LogP contribution in [0.1, 0.15) is 44.8 Å². The number of hydrogen-bond donors (Lipinski definition) is 2. The van der Waals surface area contributed by atoms with Crippen molar-refractivity contribution in [2.75, 3.05) is 0 Å². The van der Waals surface area contributed by atoms with Crippen LogP contribution in [0.5, 0.6) is 0 Å². The fraction of sp³-hybridized carbons (Fsp3) is 0.200. The minimum Gasteiger partial charge on any atom is -0.288 e. The van der Waals surface area contributed by atoms with Gasteiger partial charge in [0.05, 0.1) is 5.52 Å². The summed E-state index contributed by atoms with van der Waals surface area (Å²) in [6.07, 6.45) is 4.08. The van der Waals surface area contributed by atoms with Gasteiger partial charge in [-0.15, -0.1) is 0 Å². The van der Waals surface area contributed by atoms with E-state index < -0.39 is 5.91 Å². The minimum absolute atomic E-state index is 0.146.